The summed E-state index contributed by atoms with van der Waals surface area (Å²) >= 11 is 0. The third-order valence-corrected chi connectivity index (χ3v) is 4.73. The van der Waals surface area contributed by atoms with Crippen molar-refractivity contribution in [3.05, 3.63) is 86.6 Å². The smallest absolute Gasteiger partial charge is 0.268 e. The van der Waals surface area contributed by atoms with E-state index in [1.54, 1.807) is 22.0 Å². The Bertz CT molecular complexity index is 1490. The van der Waals surface area contributed by atoms with E-state index in [2.05, 4.69) is 10.1 Å². The van der Waals surface area contributed by atoms with Crippen LogP contribution in [-0.2, 0) is 0 Å². The Kier molecular flexibility index (Phi) is 3.09. The molecule has 0 radical (unpaired) electrons. The molecular weight excluding hydrogens is 342 g/mol. The van der Waals surface area contributed by atoms with Crippen LogP contribution in [0.25, 0.3) is 28.1 Å². The summed E-state index contributed by atoms with van der Waals surface area (Å²) in [6.07, 6.45) is 0. The van der Waals surface area contributed by atoms with Gasteiger partial charge in [0.05, 0.1) is 16.6 Å². The van der Waals surface area contributed by atoms with Crippen molar-refractivity contribution >= 4 is 22.5 Å². The van der Waals surface area contributed by atoms with Crippen LogP contribution >= 0.6 is 0 Å². The third-order valence-electron chi connectivity index (χ3n) is 4.73. The molecule has 3 aromatic heterocycles. The van der Waals surface area contributed by atoms with E-state index < -0.39 is 0 Å². The van der Waals surface area contributed by atoms with E-state index in [-0.39, 0.29) is 11.1 Å². The van der Waals surface area contributed by atoms with Crippen molar-refractivity contribution in [2.75, 3.05) is 0 Å². The summed E-state index contributed by atoms with van der Waals surface area (Å²) in [5.74, 6) is 0.733. The number of aryl methyl sites for hydroxylation is 2. The molecule has 0 bridgehead atoms. The number of fused-ring (bicyclic) bond motifs is 5. The van der Waals surface area contributed by atoms with Crippen molar-refractivity contribution in [2.45, 2.75) is 13.8 Å². The highest BCUT2D eigenvalue weighted by molar-refractivity contribution is 5.82. The average Bonchev–Trinajstić information content (AvgIpc) is 3.03. The number of nitrogens with zero attached hydrogens (tertiary/aromatic N) is 5. The SMILES string of the molecule is Cc1cc(=O)n2nc3n(-c4ccccc4C)c(=O)c4ccccc4n3c2n1. The summed E-state index contributed by atoms with van der Waals surface area (Å²) in [7, 11) is 0. The highest BCUT2D eigenvalue weighted by atomic mass is 16.1. The Morgan fingerprint density at radius 1 is 0.889 bits per heavy atom. The van der Waals surface area contributed by atoms with Crippen LogP contribution in [0.1, 0.15) is 11.3 Å². The van der Waals surface area contributed by atoms with E-state index in [1.165, 1.54) is 10.6 Å². The van der Waals surface area contributed by atoms with Crippen LogP contribution in [-0.4, -0.2) is 23.6 Å². The van der Waals surface area contributed by atoms with Gasteiger partial charge in [0.15, 0.2) is 0 Å². The van der Waals surface area contributed by atoms with E-state index in [9.17, 15) is 9.59 Å². The summed E-state index contributed by atoms with van der Waals surface area (Å²) in [4.78, 5) is 30.3. The van der Waals surface area contributed by atoms with Gasteiger partial charge in [0.25, 0.3) is 11.1 Å². The first-order chi connectivity index (χ1) is 13.1. The van der Waals surface area contributed by atoms with Crippen molar-refractivity contribution in [1.29, 1.82) is 0 Å². The second-order valence-corrected chi connectivity index (χ2v) is 6.53. The van der Waals surface area contributed by atoms with Crippen LogP contribution in [0, 0.1) is 13.8 Å². The largest absolute Gasteiger partial charge is 0.276 e. The van der Waals surface area contributed by atoms with Crippen LogP contribution < -0.4 is 11.1 Å². The second kappa shape index (κ2) is 5.38. The monoisotopic (exact) mass is 357 g/mol. The zero-order valence-electron chi connectivity index (χ0n) is 14.7. The number of aromatic nitrogens is 5. The molecule has 0 saturated heterocycles. The number of hydrogen-bond donors (Lipinski definition) is 0. The van der Waals surface area contributed by atoms with E-state index in [0.717, 1.165) is 11.3 Å². The fraction of sp³-hybridized carbons (Fsp3) is 0.100. The maximum Gasteiger partial charge on any atom is 0.276 e. The molecule has 5 aromatic rings. The van der Waals surface area contributed by atoms with Gasteiger partial charge in [-0.1, -0.05) is 30.3 Å². The molecule has 2 aromatic carbocycles. The predicted octanol–water partition coefficient (Wildman–Crippen LogP) is 2.26. The lowest BCUT2D eigenvalue weighted by Gasteiger charge is -2.12. The van der Waals surface area contributed by atoms with Gasteiger partial charge in [0.2, 0.25) is 11.6 Å². The fourth-order valence-corrected chi connectivity index (χ4v) is 3.49. The predicted molar refractivity (Wildman–Crippen MR) is 103 cm³/mol. The molecule has 0 fully saturated rings. The van der Waals surface area contributed by atoms with Gasteiger partial charge in [0, 0.05) is 11.8 Å². The molecule has 7 nitrogen and oxygen atoms in total. The van der Waals surface area contributed by atoms with Crippen LogP contribution in [0.15, 0.2) is 64.2 Å². The number of para-hydroxylation sites is 2. The third kappa shape index (κ3) is 2.08. The number of benzene rings is 2. The van der Waals surface area contributed by atoms with E-state index in [4.69, 9.17) is 0 Å². The zero-order valence-corrected chi connectivity index (χ0v) is 14.7. The molecule has 132 valence electrons. The molecule has 0 aliphatic rings. The van der Waals surface area contributed by atoms with Gasteiger partial charge in [-0.3, -0.25) is 9.59 Å². The van der Waals surface area contributed by atoms with Gasteiger partial charge < -0.3 is 0 Å². The normalized spacial score (nSPS) is 11.6. The second-order valence-electron chi connectivity index (χ2n) is 6.53. The van der Waals surface area contributed by atoms with Crippen molar-refractivity contribution in [1.82, 2.24) is 23.6 Å². The van der Waals surface area contributed by atoms with Crippen LogP contribution in [0.2, 0.25) is 0 Å². The minimum atomic E-state index is -0.283. The standard InChI is InChI=1S/C20H15N5O2/c1-12-7-3-5-9-15(12)23-18(27)14-8-4-6-10-16(14)24-19-21-13(2)11-17(26)25(19)22-20(23)24/h3-11H,1-2H3. The minimum absolute atomic E-state index is 0.188. The lowest BCUT2D eigenvalue weighted by molar-refractivity contribution is 0.881. The molecule has 0 spiro atoms. The van der Waals surface area contributed by atoms with Gasteiger partial charge in [0.1, 0.15) is 0 Å². The summed E-state index contributed by atoms with van der Waals surface area (Å²) in [5, 5.41) is 4.98. The first-order valence-electron chi connectivity index (χ1n) is 8.55. The lowest BCUT2D eigenvalue weighted by atomic mass is 10.2. The Balaban J connectivity index is 2.15. The van der Waals surface area contributed by atoms with Crippen molar-refractivity contribution in [3.63, 3.8) is 0 Å². The molecule has 0 N–H and O–H groups in total. The van der Waals surface area contributed by atoms with Gasteiger partial charge in [-0.2, -0.15) is 4.52 Å². The topological polar surface area (TPSA) is 73.7 Å². The van der Waals surface area contributed by atoms with Gasteiger partial charge in [-0.05, 0) is 37.6 Å². The molecule has 0 aliphatic heterocycles. The fourth-order valence-electron chi connectivity index (χ4n) is 3.49. The Labute approximate surface area is 152 Å². The minimum Gasteiger partial charge on any atom is -0.268 e. The summed E-state index contributed by atoms with van der Waals surface area (Å²) < 4.78 is 4.54. The molecule has 27 heavy (non-hydrogen) atoms. The lowest BCUT2D eigenvalue weighted by Crippen LogP contribution is -2.22. The first-order valence-corrected chi connectivity index (χ1v) is 8.55. The Morgan fingerprint density at radius 3 is 2.44 bits per heavy atom. The van der Waals surface area contributed by atoms with Gasteiger partial charge in [-0.15, -0.1) is 5.10 Å². The Hall–Kier alpha value is -3.74. The highest BCUT2D eigenvalue weighted by Gasteiger charge is 2.19. The molecule has 5 rings (SSSR count). The molecule has 0 saturated carbocycles. The van der Waals surface area contributed by atoms with E-state index in [0.29, 0.717) is 28.2 Å². The first kappa shape index (κ1) is 15.5. The van der Waals surface area contributed by atoms with E-state index in [1.807, 2.05) is 49.4 Å². The van der Waals surface area contributed by atoms with Crippen molar-refractivity contribution in [2.24, 2.45) is 0 Å². The van der Waals surface area contributed by atoms with Gasteiger partial charge >= 0.3 is 0 Å². The number of rotatable bonds is 1. The van der Waals surface area contributed by atoms with Crippen LogP contribution in [0.4, 0.5) is 0 Å². The zero-order chi connectivity index (χ0) is 18.7. The van der Waals surface area contributed by atoms with E-state index >= 15 is 0 Å². The summed E-state index contributed by atoms with van der Waals surface area (Å²) in [6.45, 7) is 3.70. The van der Waals surface area contributed by atoms with Crippen molar-refractivity contribution < 1.29 is 0 Å². The molecule has 0 amide bonds. The molecule has 0 atom stereocenters. The van der Waals surface area contributed by atoms with Crippen molar-refractivity contribution in [3.8, 4) is 5.69 Å². The molecule has 3 heterocycles. The molecule has 7 heteroatoms. The molecule has 0 aliphatic carbocycles. The average molecular weight is 357 g/mol. The maximum absolute atomic E-state index is 13.3. The molecule has 0 unspecified atom stereocenters. The molecular formula is C20H15N5O2. The maximum atomic E-state index is 13.3. The Morgan fingerprint density at radius 2 is 1.63 bits per heavy atom. The number of hydrogen-bond acceptors (Lipinski definition) is 4. The quantitative estimate of drug-likeness (QED) is 0.461. The summed E-state index contributed by atoms with van der Waals surface area (Å²) in [6, 6.07) is 16.3. The van der Waals surface area contributed by atoms with Crippen LogP contribution in [0.3, 0.4) is 0 Å². The van der Waals surface area contributed by atoms with Gasteiger partial charge in [-0.25, -0.2) is 14.0 Å². The summed E-state index contributed by atoms with van der Waals surface area (Å²) in [5.41, 5.74) is 2.44. The van der Waals surface area contributed by atoms with Crippen LogP contribution in [0.5, 0.6) is 0 Å². The highest BCUT2D eigenvalue weighted by Crippen LogP contribution is 2.20.